The highest BCUT2D eigenvalue weighted by atomic mass is 32.2. The number of hydrogen-bond acceptors (Lipinski definition) is 4. The second kappa shape index (κ2) is 8.34. The number of halogens is 7. The van der Waals surface area contributed by atoms with Crippen LogP contribution in [-0.2, 0) is 22.2 Å². The van der Waals surface area contributed by atoms with Crippen molar-refractivity contribution in [2.75, 3.05) is 6.54 Å². The van der Waals surface area contributed by atoms with Crippen molar-refractivity contribution < 1.29 is 43.9 Å². The number of benzene rings is 1. The number of carbonyl (C=O) groups is 1. The van der Waals surface area contributed by atoms with Gasteiger partial charge in [0, 0.05) is 12.7 Å². The largest absolute Gasteiger partial charge is 0.433 e. The standard InChI is InChI=1S/C19H15F7N2O3S/c20-13-5-12(18(21,22)23)6-15(7-13)32(30,31)14-3-10(4-14)8-28-17(29)11-1-2-16(27-9-11)19(24,25)26/h1-2,5-7,9-10,14H,3-4,8H2,(H,28,29). The number of carbonyl (C=O) groups excluding carboxylic acids is 1. The number of sulfone groups is 1. The van der Waals surface area contributed by atoms with Gasteiger partial charge in [-0.1, -0.05) is 0 Å². The minimum absolute atomic E-state index is 0.00281. The molecular formula is C19H15F7N2O3S. The first kappa shape index (κ1) is 24.0. The Bertz CT molecular complexity index is 1110. The topological polar surface area (TPSA) is 76.1 Å². The molecule has 0 bridgehead atoms. The van der Waals surface area contributed by atoms with E-state index in [-0.39, 0.29) is 36.9 Å². The van der Waals surface area contributed by atoms with Crippen molar-refractivity contribution >= 4 is 15.7 Å². The van der Waals surface area contributed by atoms with E-state index in [0.717, 1.165) is 12.3 Å². The first-order chi connectivity index (χ1) is 14.7. The normalized spacial score (nSPS) is 19.3. The molecule has 0 saturated heterocycles. The Morgan fingerprint density at radius 3 is 2.22 bits per heavy atom. The number of amides is 1. The molecule has 1 N–H and O–H groups in total. The predicted molar refractivity (Wildman–Crippen MR) is 96.7 cm³/mol. The van der Waals surface area contributed by atoms with Gasteiger partial charge in [0.1, 0.15) is 11.5 Å². The smallest absolute Gasteiger partial charge is 0.352 e. The van der Waals surface area contributed by atoms with Crippen molar-refractivity contribution in [2.24, 2.45) is 5.92 Å². The van der Waals surface area contributed by atoms with Gasteiger partial charge < -0.3 is 5.32 Å². The molecule has 0 radical (unpaired) electrons. The van der Waals surface area contributed by atoms with Gasteiger partial charge >= 0.3 is 12.4 Å². The third kappa shape index (κ3) is 5.19. The van der Waals surface area contributed by atoms with Crippen molar-refractivity contribution in [1.82, 2.24) is 10.3 Å². The van der Waals surface area contributed by atoms with Crippen molar-refractivity contribution in [3.63, 3.8) is 0 Å². The Balaban J connectivity index is 1.58. The van der Waals surface area contributed by atoms with Gasteiger partial charge in [0.2, 0.25) is 0 Å². The Morgan fingerprint density at radius 1 is 1.03 bits per heavy atom. The zero-order valence-electron chi connectivity index (χ0n) is 16.0. The Kier molecular flexibility index (Phi) is 6.24. The zero-order valence-corrected chi connectivity index (χ0v) is 16.8. The van der Waals surface area contributed by atoms with E-state index < -0.39 is 55.3 Å². The van der Waals surface area contributed by atoms with Crippen molar-refractivity contribution in [2.45, 2.75) is 35.3 Å². The molecule has 3 rings (SSSR count). The summed E-state index contributed by atoms with van der Waals surface area (Å²) in [6.07, 6.45) is -8.76. The maximum Gasteiger partial charge on any atom is 0.433 e. The first-order valence-corrected chi connectivity index (χ1v) is 10.7. The molecule has 1 aliphatic carbocycles. The molecule has 1 aliphatic rings. The van der Waals surface area contributed by atoms with Gasteiger partial charge in [-0.15, -0.1) is 0 Å². The highest BCUT2D eigenvalue weighted by Crippen LogP contribution is 2.38. The van der Waals surface area contributed by atoms with Crippen LogP contribution in [-0.4, -0.2) is 31.1 Å². The minimum atomic E-state index is -4.91. The molecule has 5 nitrogen and oxygen atoms in total. The van der Waals surface area contributed by atoms with Crippen LogP contribution in [0.2, 0.25) is 0 Å². The average molecular weight is 484 g/mol. The van der Waals surface area contributed by atoms with Crippen LogP contribution in [0.1, 0.15) is 34.5 Å². The van der Waals surface area contributed by atoms with E-state index in [0.29, 0.717) is 18.2 Å². The molecule has 32 heavy (non-hydrogen) atoms. The summed E-state index contributed by atoms with van der Waals surface area (Å²) in [5, 5.41) is 1.40. The van der Waals surface area contributed by atoms with Crippen LogP contribution in [0.4, 0.5) is 30.7 Å². The maximum absolute atomic E-state index is 13.5. The number of alkyl halides is 6. The summed E-state index contributed by atoms with van der Waals surface area (Å²) in [5.74, 6) is -2.36. The summed E-state index contributed by atoms with van der Waals surface area (Å²) in [6, 6.07) is 2.70. The zero-order chi connectivity index (χ0) is 23.9. The molecule has 1 heterocycles. The molecule has 0 atom stereocenters. The van der Waals surface area contributed by atoms with Gasteiger partial charge in [-0.05, 0) is 49.1 Å². The van der Waals surface area contributed by atoms with E-state index in [2.05, 4.69) is 10.3 Å². The molecule has 1 fully saturated rings. The van der Waals surface area contributed by atoms with E-state index >= 15 is 0 Å². The summed E-state index contributed by atoms with van der Waals surface area (Å²) >= 11 is 0. The molecule has 13 heteroatoms. The molecule has 1 aromatic heterocycles. The lowest BCUT2D eigenvalue weighted by atomic mass is 9.85. The number of nitrogens with zero attached hydrogens (tertiary/aromatic N) is 1. The number of hydrogen-bond donors (Lipinski definition) is 1. The van der Waals surface area contributed by atoms with Gasteiger partial charge in [0.05, 0.1) is 21.3 Å². The quantitative estimate of drug-likeness (QED) is 0.645. The predicted octanol–water partition coefficient (Wildman–Crippen LogP) is 4.24. The molecule has 1 aromatic carbocycles. The van der Waals surface area contributed by atoms with Crippen LogP contribution in [0.5, 0.6) is 0 Å². The van der Waals surface area contributed by atoms with Gasteiger partial charge in [0.25, 0.3) is 5.91 Å². The monoisotopic (exact) mass is 484 g/mol. The number of nitrogens with one attached hydrogen (secondary N) is 1. The Hall–Kier alpha value is -2.70. The van der Waals surface area contributed by atoms with Crippen molar-refractivity contribution in [3.8, 4) is 0 Å². The molecule has 1 amide bonds. The summed E-state index contributed by atoms with van der Waals surface area (Å²) < 4.78 is 115. The lowest BCUT2D eigenvalue weighted by Crippen LogP contribution is -2.42. The van der Waals surface area contributed by atoms with E-state index in [9.17, 15) is 43.9 Å². The lowest BCUT2D eigenvalue weighted by Gasteiger charge is -2.35. The average Bonchev–Trinajstić information content (AvgIpc) is 2.64. The fourth-order valence-electron chi connectivity index (χ4n) is 3.21. The highest BCUT2D eigenvalue weighted by molar-refractivity contribution is 7.92. The summed E-state index contributed by atoms with van der Waals surface area (Å²) in [4.78, 5) is 14.4. The van der Waals surface area contributed by atoms with Crippen molar-refractivity contribution in [1.29, 1.82) is 0 Å². The van der Waals surface area contributed by atoms with Gasteiger partial charge in [0.15, 0.2) is 9.84 Å². The molecule has 1 saturated carbocycles. The fourth-order valence-corrected chi connectivity index (χ4v) is 5.22. The third-order valence-electron chi connectivity index (χ3n) is 5.03. The second-order valence-electron chi connectivity index (χ2n) is 7.32. The molecule has 0 aliphatic heterocycles. The van der Waals surface area contributed by atoms with Crippen LogP contribution in [0, 0.1) is 11.7 Å². The highest BCUT2D eigenvalue weighted by Gasteiger charge is 2.41. The fraction of sp³-hybridized carbons (Fsp3) is 0.368. The lowest BCUT2D eigenvalue weighted by molar-refractivity contribution is -0.141. The summed E-state index contributed by atoms with van der Waals surface area (Å²) in [7, 11) is -4.22. The number of aromatic nitrogens is 1. The second-order valence-corrected chi connectivity index (χ2v) is 9.55. The number of pyridine rings is 1. The van der Waals surface area contributed by atoms with Crippen LogP contribution in [0.25, 0.3) is 0 Å². The van der Waals surface area contributed by atoms with E-state index in [1.165, 1.54) is 0 Å². The number of rotatable bonds is 5. The van der Waals surface area contributed by atoms with Crippen LogP contribution in [0.3, 0.4) is 0 Å². The van der Waals surface area contributed by atoms with Gasteiger partial charge in [-0.2, -0.15) is 26.3 Å². The van der Waals surface area contributed by atoms with E-state index in [4.69, 9.17) is 0 Å². The van der Waals surface area contributed by atoms with Gasteiger partial charge in [-0.3, -0.25) is 9.78 Å². The molecule has 0 unspecified atom stereocenters. The van der Waals surface area contributed by atoms with Crippen LogP contribution in [0.15, 0.2) is 41.4 Å². The van der Waals surface area contributed by atoms with Crippen LogP contribution < -0.4 is 5.32 Å². The minimum Gasteiger partial charge on any atom is -0.352 e. The summed E-state index contributed by atoms with van der Waals surface area (Å²) in [6.45, 7) is 0.00281. The summed E-state index contributed by atoms with van der Waals surface area (Å²) in [5.41, 5.74) is -2.70. The maximum atomic E-state index is 13.5. The molecule has 0 spiro atoms. The first-order valence-electron chi connectivity index (χ1n) is 9.11. The van der Waals surface area contributed by atoms with Crippen molar-refractivity contribution in [3.05, 3.63) is 59.2 Å². The third-order valence-corrected chi connectivity index (χ3v) is 7.18. The Labute approximate surface area is 177 Å². The molecule has 2 aromatic rings. The van der Waals surface area contributed by atoms with E-state index in [1.807, 2.05) is 0 Å². The Morgan fingerprint density at radius 2 is 1.69 bits per heavy atom. The van der Waals surface area contributed by atoms with Crippen LogP contribution >= 0.6 is 0 Å². The van der Waals surface area contributed by atoms with E-state index in [1.54, 1.807) is 0 Å². The van der Waals surface area contributed by atoms with Gasteiger partial charge in [-0.25, -0.2) is 12.8 Å². The molecular weight excluding hydrogens is 469 g/mol. The SMILES string of the molecule is O=C(NCC1CC(S(=O)(=O)c2cc(F)cc(C(F)(F)F)c2)C1)c1ccc(C(F)(F)F)nc1. The molecule has 174 valence electrons.